The van der Waals surface area contributed by atoms with Crippen LogP contribution in [0.1, 0.15) is 37.6 Å². The lowest BCUT2D eigenvalue weighted by Crippen LogP contribution is -2.43. The number of allylic oxidation sites excluding steroid dienone is 4. The summed E-state index contributed by atoms with van der Waals surface area (Å²) >= 11 is 0. The van der Waals surface area contributed by atoms with E-state index in [0.717, 1.165) is 36.1 Å². The van der Waals surface area contributed by atoms with Gasteiger partial charge in [-0.15, -0.1) is 6.42 Å². The molecule has 1 aliphatic carbocycles. The minimum atomic E-state index is -0.324. The summed E-state index contributed by atoms with van der Waals surface area (Å²) in [6, 6.07) is 17.9. The molecular weight excluding hydrogens is 422 g/mol. The second-order valence-electron chi connectivity index (χ2n) is 8.55. The Kier molecular flexibility index (Phi) is 5.48. The third kappa shape index (κ3) is 3.66. The number of aromatic amines is 1. The van der Waals surface area contributed by atoms with Gasteiger partial charge in [0.2, 0.25) is 0 Å². The summed E-state index contributed by atoms with van der Waals surface area (Å²) < 4.78 is 1.92. The molecule has 0 unspecified atom stereocenters. The normalized spacial score (nSPS) is 15.4. The highest BCUT2D eigenvalue weighted by atomic mass is 16.1. The monoisotopic (exact) mass is 447 g/mol. The highest BCUT2D eigenvalue weighted by Gasteiger charge is 2.34. The molecule has 168 valence electrons. The maximum Gasteiger partial charge on any atom is 0.279 e. The lowest BCUT2D eigenvalue weighted by Gasteiger charge is -2.38. The number of hydrogen-bond acceptors (Lipinski definition) is 4. The first-order valence-electron chi connectivity index (χ1n) is 11.3. The minimum absolute atomic E-state index is 0.248. The van der Waals surface area contributed by atoms with Crippen molar-refractivity contribution in [2.75, 3.05) is 0 Å². The molecule has 0 atom stereocenters. The molecule has 3 N–H and O–H groups in total. The average molecular weight is 448 g/mol. The van der Waals surface area contributed by atoms with Crippen LogP contribution in [0.3, 0.4) is 0 Å². The highest BCUT2D eigenvalue weighted by Crippen LogP contribution is 2.39. The maximum atomic E-state index is 13.1. The third-order valence-electron chi connectivity index (χ3n) is 6.35. The Morgan fingerprint density at radius 3 is 2.50 bits per heavy atom. The van der Waals surface area contributed by atoms with Crippen molar-refractivity contribution in [3.05, 3.63) is 94.6 Å². The topological polar surface area (TPSA) is 89.6 Å². The molecule has 6 nitrogen and oxygen atoms in total. The van der Waals surface area contributed by atoms with Crippen molar-refractivity contribution in [2.24, 2.45) is 5.73 Å². The summed E-state index contributed by atoms with van der Waals surface area (Å²) in [6.45, 7) is 1.88. The van der Waals surface area contributed by atoms with Crippen LogP contribution in [0.2, 0.25) is 0 Å². The second-order valence-corrected chi connectivity index (χ2v) is 8.55. The van der Waals surface area contributed by atoms with E-state index in [4.69, 9.17) is 22.1 Å². The number of terminal acetylenes is 1. The van der Waals surface area contributed by atoms with Crippen LogP contribution in [0.5, 0.6) is 0 Å². The summed E-state index contributed by atoms with van der Waals surface area (Å²) in [5.41, 5.74) is 10.2. The predicted molar refractivity (Wildman–Crippen MR) is 136 cm³/mol. The van der Waals surface area contributed by atoms with Gasteiger partial charge in [0.1, 0.15) is 11.6 Å². The predicted octanol–water partition coefficient (Wildman–Crippen LogP) is 4.71. The molecule has 2 aromatic heterocycles. The quantitative estimate of drug-likeness (QED) is 0.343. The molecule has 0 radical (unpaired) electrons. The van der Waals surface area contributed by atoms with Crippen LogP contribution in [-0.2, 0) is 5.54 Å². The molecule has 1 saturated carbocycles. The van der Waals surface area contributed by atoms with E-state index in [-0.39, 0.29) is 16.6 Å². The Bertz CT molecular complexity index is 1510. The van der Waals surface area contributed by atoms with Gasteiger partial charge in [-0.25, -0.2) is 9.97 Å². The lowest BCUT2D eigenvalue weighted by atomic mass is 9.73. The van der Waals surface area contributed by atoms with Crippen molar-refractivity contribution in [2.45, 2.75) is 31.7 Å². The van der Waals surface area contributed by atoms with E-state index in [9.17, 15) is 4.79 Å². The zero-order chi connectivity index (χ0) is 23.7. The molecular formula is C28H25N5O. The summed E-state index contributed by atoms with van der Waals surface area (Å²) in [5.74, 6) is 3.54. The fraction of sp³-hybridized carbons (Fsp3) is 0.179. The number of rotatable bonds is 5. The van der Waals surface area contributed by atoms with Gasteiger partial charge in [-0.3, -0.25) is 9.36 Å². The largest absolute Gasteiger partial charge is 0.321 e. The average Bonchev–Trinajstić information content (AvgIpc) is 3.23. The molecule has 34 heavy (non-hydrogen) atoms. The first-order chi connectivity index (χ1) is 16.5. The van der Waals surface area contributed by atoms with Crippen molar-refractivity contribution in [1.82, 2.24) is 19.5 Å². The molecule has 1 aliphatic rings. The molecule has 0 spiro atoms. The minimum Gasteiger partial charge on any atom is -0.321 e. The Morgan fingerprint density at radius 2 is 1.88 bits per heavy atom. The van der Waals surface area contributed by atoms with E-state index in [0.29, 0.717) is 22.9 Å². The van der Waals surface area contributed by atoms with Crippen LogP contribution in [-0.4, -0.2) is 19.5 Å². The van der Waals surface area contributed by atoms with Crippen LogP contribution in [0.15, 0.2) is 77.6 Å². The third-order valence-corrected chi connectivity index (χ3v) is 6.35. The van der Waals surface area contributed by atoms with Gasteiger partial charge in [-0.05, 0) is 50.0 Å². The summed E-state index contributed by atoms with van der Waals surface area (Å²) in [5, 5.41) is 0. The van der Waals surface area contributed by atoms with Crippen molar-refractivity contribution >= 4 is 16.7 Å². The molecule has 2 aromatic carbocycles. The van der Waals surface area contributed by atoms with Crippen LogP contribution < -0.4 is 11.3 Å². The summed E-state index contributed by atoms with van der Waals surface area (Å²) in [7, 11) is 0. The lowest BCUT2D eigenvalue weighted by molar-refractivity contribution is 0.253. The summed E-state index contributed by atoms with van der Waals surface area (Å²) in [6.07, 6.45) is 13.9. The van der Waals surface area contributed by atoms with Crippen molar-refractivity contribution < 1.29 is 0 Å². The second kappa shape index (κ2) is 8.62. The van der Waals surface area contributed by atoms with Gasteiger partial charge in [-0.2, -0.15) is 0 Å². The number of aromatic nitrogens is 4. The van der Waals surface area contributed by atoms with Crippen LogP contribution in [0, 0.1) is 12.3 Å². The molecule has 0 saturated heterocycles. The number of imidazole rings is 1. The zero-order valence-electron chi connectivity index (χ0n) is 19.0. The molecule has 2 heterocycles. The van der Waals surface area contributed by atoms with Gasteiger partial charge >= 0.3 is 0 Å². The Balaban J connectivity index is 1.76. The molecule has 6 heteroatoms. The van der Waals surface area contributed by atoms with Gasteiger partial charge in [0, 0.05) is 22.4 Å². The molecule has 0 bridgehead atoms. The van der Waals surface area contributed by atoms with Crippen molar-refractivity contribution in [3.8, 4) is 29.4 Å². The maximum absolute atomic E-state index is 13.1. The van der Waals surface area contributed by atoms with Crippen LogP contribution in [0.4, 0.5) is 0 Å². The molecule has 4 aromatic rings. The smallest absolute Gasteiger partial charge is 0.279 e. The fourth-order valence-electron chi connectivity index (χ4n) is 4.38. The zero-order valence-corrected chi connectivity index (χ0v) is 19.0. The first kappa shape index (κ1) is 21.6. The van der Waals surface area contributed by atoms with Gasteiger partial charge in [0.25, 0.3) is 5.56 Å². The Labute approximate surface area is 197 Å². The molecule has 5 rings (SSSR count). The number of nitrogens with zero attached hydrogens (tertiary/aromatic N) is 3. The SMILES string of the molecule is C#CC=C(C=CC)c1nc2c(nc(-c3ccccc3)n2-c2ccc(C3(N)CCC3)cc2)c(=O)[nH]1. The Hall–Kier alpha value is -4.21. The number of nitrogens with two attached hydrogens (primary N) is 1. The molecule has 0 aliphatic heterocycles. The van der Waals surface area contributed by atoms with Crippen molar-refractivity contribution in [1.29, 1.82) is 0 Å². The number of nitrogens with one attached hydrogen (secondary N) is 1. The van der Waals surface area contributed by atoms with E-state index in [1.807, 2.05) is 66.1 Å². The number of benzene rings is 2. The number of fused-ring (bicyclic) bond motifs is 1. The number of H-pyrrole nitrogens is 1. The summed E-state index contributed by atoms with van der Waals surface area (Å²) in [4.78, 5) is 25.4. The Morgan fingerprint density at radius 1 is 1.15 bits per heavy atom. The molecule has 1 fully saturated rings. The van der Waals surface area contributed by atoms with E-state index in [1.165, 1.54) is 0 Å². The van der Waals surface area contributed by atoms with E-state index in [2.05, 4.69) is 23.0 Å². The highest BCUT2D eigenvalue weighted by molar-refractivity contribution is 5.82. The van der Waals surface area contributed by atoms with E-state index >= 15 is 0 Å². The van der Waals surface area contributed by atoms with Crippen molar-refractivity contribution in [3.63, 3.8) is 0 Å². The molecule has 0 amide bonds. The van der Waals surface area contributed by atoms with Gasteiger partial charge in [0.15, 0.2) is 11.2 Å². The van der Waals surface area contributed by atoms with Gasteiger partial charge < -0.3 is 10.7 Å². The standard InChI is InChI=1S/C28H25N5O/c1-3-9-19(10-4-2)24-31-26-23(27(34)32-24)30-25(20-11-6-5-7-12-20)33(26)22-15-13-21(14-16-22)28(29)17-8-18-28/h1,4-7,9-16H,8,17-18,29H2,2H3,(H,31,32,34). The van der Waals surface area contributed by atoms with Crippen LogP contribution in [0.25, 0.3) is 33.8 Å². The first-order valence-corrected chi connectivity index (χ1v) is 11.3. The van der Waals surface area contributed by atoms with Gasteiger partial charge in [-0.1, -0.05) is 60.5 Å². The van der Waals surface area contributed by atoms with Gasteiger partial charge in [0.05, 0.1) is 0 Å². The van der Waals surface area contributed by atoms with Crippen LogP contribution >= 0.6 is 0 Å². The van der Waals surface area contributed by atoms with E-state index in [1.54, 1.807) is 6.08 Å². The number of hydrogen-bond donors (Lipinski definition) is 2. The fourth-order valence-corrected chi connectivity index (χ4v) is 4.38. The van der Waals surface area contributed by atoms with E-state index < -0.39 is 0 Å².